The first kappa shape index (κ1) is 12.6. The van der Waals surface area contributed by atoms with Gasteiger partial charge in [0.05, 0.1) is 5.92 Å². The van der Waals surface area contributed by atoms with E-state index in [1.165, 1.54) is 0 Å². The quantitative estimate of drug-likeness (QED) is 0.862. The zero-order chi connectivity index (χ0) is 13.1. The molecule has 0 radical (unpaired) electrons. The van der Waals surface area contributed by atoms with Crippen molar-refractivity contribution in [2.75, 3.05) is 5.32 Å². The van der Waals surface area contributed by atoms with Crippen LogP contribution in [0.1, 0.15) is 24.8 Å². The van der Waals surface area contributed by atoms with Crippen LogP contribution in [-0.4, -0.2) is 17.0 Å². The maximum atomic E-state index is 12.0. The van der Waals surface area contributed by atoms with Gasteiger partial charge in [-0.3, -0.25) is 9.59 Å². The van der Waals surface area contributed by atoms with Crippen molar-refractivity contribution in [1.82, 2.24) is 0 Å². The molecule has 1 fully saturated rings. The average molecular weight is 247 g/mol. The standard InChI is InChI=1S/C14H17NO3/c1-9-2-6-12(7-3-9)15-13(16)10-4-5-11(8-10)14(17)18/h2-3,6-7,10-11H,4-5,8H2,1H3,(H,15,16)(H,17,18)/t10-,11+/m1/s1. The molecule has 96 valence electrons. The molecule has 4 nitrogen and oxygen atoms in total. The lowest BCUT2D eigenvalue weighted by Gasteiger charge is -2.10. The average Bonchev–Trinajstić information content (AvgIpc) is 2.81. The van der Waals surface area contributed by atoms with Gasteiger partial charge in [0.2, 0.25) is 5.91 Å². The summed E-state index contributed by atoms with van der Waals surface area (Å²) in [5.41, 5.74) is 1.91. The largest absolute Gasteiger partial charge is 0.481 e. The van der Waals surface area contributed by atoms with E-state index >= 15 is 0 Å². The molecule has 1 saturated carbocycles. The van der Waals surface area contributed by atoms with Crippen LogP contribution in [0.5, 0.6) is 0 Å². The van der Waals surface area contributed by atoms with Crippen molar-refractivity contribution in [3.63, 3.8) is 0 Å². The first-order valence-corrected chi connectivity index (χ1v) is 6.16. The fourth-order valence-electron chi connectivity index (χ4n) is 2.33. The molecule has 2 rings (SSSR count). The molecule has 1 aliphatic rings. The van der Waals surface area contributed by atoms with Gasteiger partial charge in [0.15, 0.2) is 0 Å². The number of aryl methyl sites for hydroxylation is 1. The molecule has 0 aliphatic heterocycles. The Bertz CT molecular complexity index is 453. The lowest BCUT2D eigenvalue weighted by atomic mass is 10.0. The van der Waals surface area contributed by atoms with Gasteiger partial charge in [-0.1, -0.05) is 17.7 Å². The third-order valence-corrected chi connectivity index (χ3v) is 3.47. The second-order valence-electron chi connectivity index (χ2n) is 4.90. The minimum absolute atomic E-state index is 0.0670. The summed E-state index contributed by atoms with van der Waals surface area (Å²) >= 11 is 0. The predicted molar refractivity (Wildman–Crippen MR) is 68.3 cm³/mol. The maximum absolute atomic E-state index is 12.0. The summed E-state index contributed by atoms with van der Waals surface area (Å²) in [4.78, 5) is 22.8. The van der Waals surface area contributed by atoms with E-state index < -0.39 is 5.97 Å². The molecule has 18 heavy (non-hydrogen) atoms. The SMILES string of the molecule is Cc1ccc(NC(=O)[C@@H]2CC[C@H](C(=O)O)C2)cc1. The number of aliphatic carboxylic acids is 1. The maximum Gasteiger partial charge on any atom is 0.306 e. The second-order valence-corrected chi connectivity index (χ2v) is 4.90. The van der Waals surface area contributed by atoms with Crippen LogP contribution in [0.15, 0.2) is 24.3 Å². The van der Waals surface area contributed by atoms with Crippen molar-refractivity contribution >= 4 is 17.6 Å². The van der Waals surface area contributed by atoms with Crippen LogP contribution in [0.4, 0.5) is 5.69 Å². The fourth-order valence-corrected chi connectivity index (χ4v) is 2.33. The van der Waals surface area contributed by atoms with Crippen molar-refractivity contribution in [3.8, 4) is 0 Å². The lowest BCUT2D eigenvalue weighted by Crippen LogP contribution is -2.21. The van der Waals surface area contributed by atoms with Crippen LogP contribution in [-0.2, 0) is 9.59 Å². The number of carboxylic acid groups (broad SMARTS) is 1. The van der Waals surface area contributed by atoms with Gasteiger partial charge in [0.1, 0.15) is 0 Å². The van der Waals surface area contributed by atoms with Gasteiger partial charge < -0.3 is 10.4 Å². The number of anilines is 1. The van der Waals surface area contributed by atoms with E-state index in [-0.39, 0.29) is 17.7 Å². The zero-order valence-corrected chi connectivity index (χ0v) is 10.3. The normalized spacial score (nSPS) is 22.7. The number of hydrogen-bond donors (Lipinski definition) is 2. The molecule has 4 heteroatoms. The minimum Gasteiger partial charge on any atom is -0.481 e. The van der Waals surface area contributed by atoms with Crippen LogP contribution in [0, 0.1) is 18.8 Å². The number of benzene rings is 1. The Labute approximate surface area is 106 Å². The molecule has 0 heterocycles. The number of hydrogen-bond acceptors (Lipinski definition) is 2. The van der Waals surface area contributed by atoms with E-state index in [9.17, 15) is 9.59 Å². The monoisotopic (exact) mass is 247 g/mol. The second kappa shape index (κ2) is 5.21. The lowest BCUT2D eigenvalue weighted by molar-refractivity contribution is -0.141. The highest BCUT2D eigenvalue weighted by Crippen LogP contribution is 2.31. The zero-order valence-electron chi connectivity index (χ0n) is 10.3. The molecule has 0 aromatic heterocycles. The number of amides is 1. The fraction of sp³-hybridized carbons (Fsp3) is 0.429. The van der Waals surface area contributed by atoms with Crippen molar-refractivity contribution < 1.29 is 14.7 Å². The first-order chi connectivity index (χ1) is 8.56. The van der Waals surface area contributed by atoms with Crippen molar-refractivity contribution in [2.45, 2.75) is 26.2 Å². The Morgan fingerprint density at radius 1 is 1.17 bits per heavy atom. The number of rotatable bonds is 3. The smallest absolute Gasteiger partial charge is 0.306 e. The minimum atomic E-state index is -0.791. The molecule has 1 amide bonds. The molecule has 1 aliphatic carbocycles. The van der Waals surface area contributed by atoms with Gasteiger partial charge in [0.25, 0.3) is 0 Å². The topological polar surface area (TPSA) is 66.4 Å². The summed E-state index contributed by atoms with van der Waals surface area (Å²) in [7, 11) is 0. The number of nitrogens with one attached hydrogen (secondary N) is 1. The molecule has 0 bridgehead atoms. The number of carboxylic acids is 1. The predicted octanol–water partition coefficient (Wildman–Crippen LogP) is 2.43. The van der Waals surface area contributed by atoms with Gasteiger partial charge in [0, 0.05) is 11.6 Å². The van der Waals surface area contributed by atoms with Crippen molar-refractivity contribution in [3.05, 3.63) is 29.8 Å². The molecule has 1 aromatic carbocycles. The number of carbonyl (C=O) groups excluding carboxylic acids is 1. The Morgan fingerprint density at radius 2 is 1.78 bits per heavy atom. The highest BCUT2D eigenvalue weighted by Gasteiger charge is 2.33. The van der Waals surface area contributed by atoms with Crippen LogP contribution in [0.3, 0.4) is 0 Å². The van der Waals surface area contributed by atoms with E-state index in [0.29, 0.717) is 19.3 Å². The van der Waals surface area contributed by atoms with Crippen LogP contribution < -0.4 is 5.32 Å². The molecule has 2 atom stereocenters. The molecular weight excluding hydrogens is 230 g/mol. The van der Waals surface area contributed by atoms with Crippen LogP contribution in [0.2, 0.25) is 0 Å². The van der Waals surface area contributed by atoms with E-state index in [1.807, 2.05) is 31.2 Å². The Hall–Kier alpha value is -1.84. The highest BCUT2D eigenvalue weighted by molar-refractivity contribution is 5.93. The highest BCUT2D eigenvalue weighted by atomic mass is 16.4. The molecule has 2 N–H and O–H groups in total. The van der Waals surface area contributed by atoms with E-state index in [1.54, 1.807) is 0 Å². The van der Waals surface area contributed by atoms with E-state index in [2.05, 4.69) is 5.32 Å². The molecule has 0 saturated heterocycles. The molecule has 0 unspecified atom stereocenters. The third-order valence-electron chi connectivity index (χ3n) is 3.47. The number of carbonyl (C=O) groups is 2. The molecular formula is C14H17NO3. The van der Waals surface area contributed by atoms with Crippen molar-refractivity contribution in [2.24, 2.45) is 11.8 Å². The summed E-state index contributed by atoms with van der Waals surface area (Å²) in [6.07, 6.45) is 1.71. The third kappa shape index (κ3) is 2.88. The van der Waals surface area contributed by atoms with Crippen molar-refractivity contribution in [1.29, 1.82) is 0 Å². The summed E-state index contributed by atoms with van der Waals surface area (Å²) in [6.45, 7) is 1.99. The van der Waals surface area contributed by atoms with Gasteiger partial charge >= 0.3 is 5.97 Å². The van der Waals surface area contributed by atoms with E-state index in [4.69, 9.17) is 5.11 Å². The van der Waals surface area contributed by atoms with Gasteiger partial charge in [-0.25, -0.2) is 0 Å². The summed E-state index contributed by atoms with van der Waals surface area (Å²) < 4.78 is 0. The Balaban J connectivity index is 1.93. The molecule has 0 spiro atoms. The summed E-state index contributed by atoms with van der Waals surface area (Å²) in [5, 5.41) is 11.7. The van der Waals surface area contributed by atoms with Crippen LogP contribution >= 0.6 is 0 Å². The first-order valence-electron chi connectivity index (χ1n) is 6.16. The van der Waals surface area contributed by atoms with Gasteiger partial charge in [-0.2, -0.15) is 0 Å². The van der Waals surface area contributed by atoms with Gasteiger partial charge in [-0.15, -0.1) is 0 Å². The Kier molecular flexibility index (Phi) is 3.65. The summed E-state index contributed by atoms with van der Waals surface area (Å²) in [5.74, 6) is -1.39. The van der Waals surface area contributed by atoms with Gasteiger partial charge in [-0.05, 0) is 38.3 Å². The summed E-state index contributed by atoms with van der Waals surface area (Å²) in [6, 6.07) is 7.59. The Morgan fingerprint density at radius 3 is 2.33 bits per heavy atom. The molecule has 1 aromatic rings. The van der Waals surface area contributed by atoms with Crippen LogP contribution in [0.25, 0.3) is 0 Å². The van der Waals surface area contributed by atoms with E-state index in [0.717, 1.165) is 11.3 Å².